The molecule has 0 saturated heterocycles. The van der Waals surface area contributed by atoms with E-state index in [4.69, 9.17) is 0 Å². The number of hydrogen-bond donors (Lipinski definition) is 1. The van der Waals surface area contributed by atoms with Crippen molar-refractivity contribution in [1.82, 2.24) is 14.9 Å². The number of amides is 1. The molecule has 0 fully saturated rings. The minimum absolute atomic E-state index is 0.0977. The molecule has 0 bridgehead atoms. The van der Waals surface area contributed by atoms with Gasteiger partial charge in [-0.05, 0) is 38.1 Å². The summed E-state index contributed by atoms with van der Waals surface area (Å²) in [6.07, 6.45) is 1.57. The van der Waals surface area contributed by atoms with Gasteiger partial charge in [0.2, 0.25) is 5.43 Å². The van der Waals surface area contributed by atoms with E-state index in [0.29, 0.717) is 17.6 Å². The molecular weight excluding hydrogens is 364 g/mol. The maximum Gasteiger partial charge on any atom is 0.257 e. The Morgan fingerprint density at radius 3 is 2.69 bits per heavy atom. The third-order valence-corrected chi connectivity index (χ3v) is 4.59. The van der Waals surface area contributed by atoms with E-state index in [9.17, 15) is 9.59 Å². The van der Waals surface area contributed by atoms with Crippen LogP contribution in [-0.2, 0) is 6.54 Å². The molecule has 6 heteroatoms. The maximum atomic E-state index is 12.8. The average molecular weight is 388 g/mol. The zero-order chi connectivity index (χ0) is 21.0. The number of aryl methyl sites for hydroxylation is 2. The van der Waals surface area contributed by atoms with E-state index >= 15 is 0 Å². The number of aromatic nitrogens is 2. The van der Waals surface area contributed by atoms with Crippen molar-refractivity contribution in [2.24, 2.45) is 0 Å². The first-order chi connectivity index (χ1) is 13.9. The summed E-state index contributed by atoms with van der Waals surface area (Å²) in [6.45, 7) is 4.58. The number of carbonyl (C=O) groups is 1. The Balaban J connectivity index is 1.83. The number of hydrogen-bond acceptors (Lipinski definition) is 4. The Bertz CT molecular complexity index is 1180. The van der Waals surface area contributed by atoms with Gasteiger partial charge in [0.15, 0.2) is 0 Å². The molecule has 0 radical (unpaired) electrons. The Morgan fingerprint density at radius 1 is 1.21 bits per heavy atom. The van der Waals surface area contributed by atoms with E-state index in [2.05, 4.69) is 22.1 Å². The SMILES string of the molecule is CCn1cc(C(=O)NCC#Cc2ccccc2N(C)C)c(=O)c2ccc(C)nc21. The van der Waals surface area contributed by atoms with Gasteiger partial charge in [-0.15, -0.1) is 0 Å². The molecule has 2 aromatic heterocycles. The van der Waals surface area contributed by atoms with Crippen LogP contribution in [0.5, 0.6) is 0 Å². The fraction of sp³-hybridized carbons (Fsp3) is 0.261. The van der Waals surface area contributed by atoms with Crippen LogP contribution < -0.4 is 15.6 Å². The van der Waals surface area contributed by atoms with Gasteiger partial charge in [0.25, 0.3) is 5.91 Å². The molecule has 0 aliphatic heterocycles. The number of para-hydroxylation sites is 1. The number of nitrogens with one attached hydrogen (secondary N) is 1. The summed E-state index contributed by atoms with van der Waals surface area (Å²) in [5, 5.41) is 3.17. The Kier molecular flexibility index (Phi) is 5.99. The standard InChI is InChI=1S/C23H24N4O2/c1-5-27-15-19(21(28)18-13-12-16(2)25-22(18)27)23(29)24-14-8-10-17-9-6-7-11-20(17)26(3)4/h6-7,9,11-13,15H,5,14H2,1-4H3,(H,24,29). The number of anilines is 1. The molecule has 1 aromatic carbocycles. The minimum Gasteiger partial charge on any atom is -0.377 e. The second kappa shape index (κ2) is 8.61. The van der Waals surface area contributed by atoms with Crippen molar-refractivity contribution in [2.75, 3.05) is 25.5 Å². The molecule has 1 amide bonds. The number of carbonyl (C=O) groups excluding carboxylic acids is 1. The van der Waals surface area contributed by atoms with Crippen molar-refractivity contribution in [3.63, 3.8) is 0 Å². The van der Waals surface area contributed by atoms with E-state index < -0.39 is 5.91 Å². The molecule has 0 unspecified atom stereocenters. The zero-order valence-electron chi connectivity index (χ0n) is 17.1. The Hall–Kier alpha value is -3.59. The molecule has 2 heterocycles. The molecule has 0 spiro atoms. The molecule has 29 heavy (non-hydrogen) atoms. The molecular formula is C23H24N4O2. The van der Waals surface area contributed by atoms with Crippen molar-refractivity contribution < 1.29 is 4.79 Å². The quantitative estimate of drug-likeness (QED) is 0.698. The van der Waals surface area contributed by atoms with Gasteiger partial charge in [-0.3, -0.25) is 9.59 Å². The average Bonchev–Trinajstić information content (AvgIpc) is 2.71. The number of pyridine rings is 2. The normalized spacial score (nSPS) is 10.3. The highest BCUT2D eigenvalue weighted by Gasteiger charge is 2.15. The highest BCUT2D eigenvalue weighted by Crippen LogP contribution is 2.16. The summed E-state index contributed by atoms with van der Waals surface area (Å²) >= 11 is 0. The van der Waals surface area contributed by atoms with E-state index in [0.717, 1.165) is 16.9 Å². The van der Waals surface area contributed by atoms with Crippen LogP contribution in [0.4, 0.5) is 5.69 Å². The first-order valence-electron chi connectivity index (χ1n) is 9.46. The molecule has 0 atom stereocenters. The van der Waals surface area contributed by atoms with E-state index in [1.165, 1.54) is 0 Å². The van der Waals surface area contributed by atoms with Crippen molar-refractivity contribution in [2.45, 2.75) is 20.4 Å². The topological polar surface area (TPSA) is 67.2 Å². The van der Waals surface area contributed by atoms with Gasteiger partial charge < -0.3 is 14.8 Å². The number of rotatable bonds is 4. The lowest BCUT2D eigenvalue weighted by Crippen LogP contribution is -2.30. The van der Waals surface area contributed by atoms with Crippen LogP contribution in [0.1, 0.15) is 28.5 Å². The fourth-order valence-electron chi connectivity index (χ4n) is 3.09. The first kappa shape index (κ1) is 20.2. The lowest BCUT2D eigenvalue weighted by molar-refractivity contribution is 0.0957. The lowest BCUT2D eigenvalue weighted by atomic mass is 10.1. The molecule has 148 valence electrons. The third-order valence-electron chi connectivity index (χ3n) is 4.59. The van der Waals surface area contributed by atoms with Crippen LogP contribution in [0.15, 0.2) is 47.4 Å². The largest absolute Gasteiger partial charge is 0.377 e. The molecule has 0 aliphatic carbocycles. The molecule has 3 rings (SSSR count). The summed E-state index contributed by atoms with van der Waals surface area (Å²) in [6, 6.07) is 11.3. The predicted octanol–water partition coefficient (Wildman–Crippen LogP) is 2.57. The van der Waals surface area contributed by atoms with E-state index in [1.54, 1.807) is 18.3 Å². The van der Waals surface area contributed by atoms with Crippen LogP contribution >= 0.6 is 0 Å². The predicted molar refractivity (Wildman–Crippen MR) is 116 cm³/mol. The smallest absolute Gasteiger partial charge is 0.257 e. The highest BCUT2D eigenvalue weighted by atomic mass is 16.2. The number of nitrogens with zero attached hydrogens (tertiary/aromatic N) is 3. The Morgan fingerprint density at radius 2 is 1.97 bits per heavy atom. The summed E-state index contributed by atoms with van der Waals surface area (Å²) in [5.74, 6) is 5.60. The summed E-state index contributed by atoms with van der Waals surface area (Å²) in [4.78, 5) is 31.8. The van der Waals surface area contributed by atoms with Crippen molar-refractivity contribution in [3.8, 4) is 11.8 Å². The van der Waals surface area contributed by atoms with Crippen LogP contribution in [0.3, 0.4) is 0 Å². The monoisotopic (exact) mass is 388 g/mol. The van der Waals surface area contributed by atoms with Gasteiger partial charge in [-0.25, -0.2) is 4.98 Å². The van der Waals surface area contributed by atoms with E-state index in [-0.39, 0.29) is 17.5 Å². The van der Waals surface area contributed by atoms with Gasteiger partial charge in [-0.1, -0.05) is 24.0 Å². The second-order valence-electron chi connectivity index (χ2n) is 6.88. The molecule has 0 aliphatic rings. The van der Waals surface area contributed by atoms with Crippen molar-refractivity contribution in [3.05, 3.63) is 69.6 Å². The first-order valence-corrected chi connectivity index (χ1v) is 9.46. The lowest BCUT2D eigenvalue weighted by Gasteiger charge is -2.13. The van der Waals surface area contributed by atoms with Gasteiger partial charge >= 0.3 is 0 Å². The second-order valence-corrected chi connectivity index (χ2v) is 6.88. The summed E-state index contributed by atoms with van der Waals surface area (Å²) < 4.78 is 1.82. The molecule has 3 aromatic rings. The minimum atomic E-state index is -0.435. The molecule has 6 nitrogen and oxygen atoms in total. The number of benzene rings is 1. The Labute approximate surface area is 170 Å². The highest BCUT2D eigenvalue weighted by molar-refractivity contribution is 5.97. The van der Waals surface area contributed by atoms with Gasteiger partial charge in [0, 0.05) is 38.1 Å². The van der Waals surface area contributed by atoms with Crippen molar-refractivity contribution in [1.29, 1.82) is 0 Å². The van der Waals surface area contributed by atoms with Crippen LogP contribution in [0.2, 0.25) is 0 Å². The molecule has 0 saturated carbocycles. The molecule has 1 N–H and O–H groups in total. The van der Waals surface area contributed by atoms with Crippen LogP contribution in [-0.4, -0.2) is 36.1 Å². The van der Waals surface area contributed by atoms with Gasteiger partial charge in [0.1, 0.15) is 11.2 Å². The van der Waals surface area contributed by atoms with E-state index in [1.807, 2.05) is 61.7 Å². The van der Waals surface area contributed by atoms with Crippen molar-refractivity contribution >= 4 is 22.6 Å². The maximum absolute atomic E-state index is 12.8. The summed E-state index contributed by atoms with van der Waals surface area (Å²) in [5.41, 5.74) is 3.08. The van der Waals surface area contributed by atoms with Crippen LogP contribution in [0.25, 0.3) is 11.0 Å². The number of fused-ring (bicyclic) bond motifs is 1. The zero-order valence-corrected chi connectivity index (χ0v) is 17.1. The van der Waals surface area contributed by atoms with Crippen LogP contribution in [0, 0.1) is 18.8 Å². The van der Waals surface area contributed by atoms with Gasteiger partial charge in [0.05, 0.1) is 17.6 Å². The summed E-state index contributed by atoms with van der Waals surface area (Å²) in [7, 11) is 3.91. The fourth-order valence-corrected chi connectivity index (χ4v) is 3.09. The third kappa shape index (κ3) is 4.30. The van der Waals surface area contributed by atoms with Gasteiger partial charge in [-0.2, -0.15) is 0 Å².